The van der Waals surface area contributed by atoms with Gasteiger partial charge in [-0.3, -0.25) is 4.40 Å². The van der Waals surface area contributed by atoms with E-state index in [1.807, 2.05) is 65.5 Å². The lowest BCUT2D eigenvalue weighted by molar-refractivity contribution is 0.0558. The second kappa shape index (κ2) is 7.69. The number of hydrogen-bond acceptors (Lipinski definition) is 6. The standard InChI is InChI=1S/C25H25N5O2/c31-25(20-5-2-1-3-6-20)10-4-7-21-23(25)30-17-18(8-9-22(30)28-21)19-15-26-24(27-16-19)29-11-13-32-14-12-29/h1-3,5-6,8-9,15-17,31H,4,7,10-14H2. The average molecular weight is 428 g/mol. The minimum atomic E-state index is -1.05. The van der Waals surface area contributed by atoms with E-state index < -0.39 is 5.60 Å². The van der Waals surface area contributed by atoms with Gasteiger partial charge in [0.05, 0.1) is 24.6 Å². The van der Waals surface area contributed by atoms with E-state index >= 15 is 0 Å². The molecule has 4 heterocycles. The molecule has 1 atom stereocenters. The largest absolute Gasteiger partial charge is 0.379 e. The van der Waals surface area contributed by atoms with E-state index in [9.17, 15) is 5.11 Å². The highest BCUT2D eigenvalue weighted by Gasteiger charge is 2.39. The molecule has 1 fully saturated rings. The van der Waals surface area contributed by atoms with Gasteiger partial charge in [0, 0.05) is 42.8 Å². The minimum Gasteiger partial charge on any atom is -0.379 e. The Kier molecular flexibility index (Phi) is 4.66. The SMILES string of the molecule is OC1(c2ccccc2)CCCc2nc3ccc(-c4cnc(N5CCOCC5)nc4)cn3c21. The van der Waals surface area contributed by atoms with Gasteiger partial charge in [0.15, 0.2) is 0 Å². The van der Waals surface area contributed by atoms with Crippen molar-refractivity contribution in [1.82, 2.24) is 19.4 Å². The summed E-state index contributed by atoms with van der Waals surface area (Å²) in [6.45, 7) is 3.03. The predicted octanol–water partition coefficient (Wildman–Crippen LogP) is 3.20. The lowest BCUT2D eigenvalue weighted by atomic mass is 9.80. The first kappa shape index (κ1) is 19.4. The van der Waals surface area contributed by atoms with Crippen LogP contribution in [0.15, 0.2) is 61.1 Å². The molecule has 1 N–H and O–H groups in total. The molecule has 0 saturated carbocycles. The third-order valence-corrected chi connectivity index (χ3v) is 6.55. The summed E-state index contributed by atoms with van der Waals surface area (Å²) in [6.07, 6.45) is 8.25. The molecule has 2 aliphatic rings. The number of pyridine rings is 1. The fourth-order valence-corrected chi connectivity index (χ4v) is 4.90. The normalized spacial score (nSPS) is 21.0. The van der Waals surface area contributed by atoms with Gasteiger partial charge < -0.3 is 14.7 Å². The molecular formula is C25H25N5O2. The van der Waals surface area contributed by atoms with Gasteiger partial charge in [-0.15, -0.1) is 0 Å². The van der Waals surface area contributed by atoms with Crippen molar-refractivity contribution in [3.8, 4) is 11.1 Å². The third kappa shape index (κ3) is 3.16. The summed E-state index contributed by atoms with van der Waals surface area (Å²) in [5, 5.41) is 11.8. The zero-order valence-electron chi connectivity index (χ0n) is 17.8. The van der Waals surface area contributed by atoms with Crippen molar-refractivity contribution in [3.05, 3.63) is 78.0 Å². The Hall–Kier alpha value is -3.29. The minimum absolute atomic E-state index is 0.680. The Balaban J connectivity index is 1.41. The molecule has 1 aromatic carbocycles. The second-order valence-corrected chi connectivity index (χ2v) is 8.50. The van der Waals surface area contributed by atoms with Crippen molar-refractivity contribution in [2.45, 2.75) is 24.9 Å². The molecule has 32 heavy (non-hydrogen) atoms. The van der Waals surface area contributed by atoms with E-state index in [1.54, 1.807) is 0 Å². The number of anilines is 1. The Bertz CT molecular complexity index is 1250. The van der Waals surface area contributed by atoms with Crippen LogP contribution < -0.4 is 4.90 Å². The summed E-state index contributed by atoms with van der Waals surface area (Å²) in [5.74, 6) is 0.733. The number of rotatable bonds is 3. The van der Waals surface area contributed by atoms with Crippen LogP contribution in [-0.4, -0.2) is 50.8 Å². The zero-order valence-corrected chi connectivity index (χ0v) is 17.8. The first-order chi connectivity index (χ1) is 15.7. The molecule has 0 bridgehead atoms. The van der Waals surface area contributed by atoms with Crippen molar-refractivity contribution >= 4 is 11.6 Å². The Morgan fingerprint density at radius 2 is 1.72 bits per heavy atom. The maximum Gasteiger partial charge on any atom is 0.225 e. The van der Waals surface area contributed by atoms with Gasteiger partial charge in [0.25, 0.3) is 0 Å². The lowest BCUT2D eigenvalue weighted by Crippen LogP contribution is -2.37. The summed E-state index contributed by atoms with van der Waals surface area (Å²) in [7, 11) is 0. The molecule has 0 spiro atoms. The highest BCUT2D eigenvalue weighted by Crippen LogP contribution is 2.41. The maximum atomic E-state index is 11.8. The molecule has 6 rings (SSSR count). The molecule has 1 saturated heterocycles. The number of aryl methyl sites for hydroxylation is 1. The quantitative estimate of drug-likeness (QED) is 0.541. The summed E-state index contributed by atoms with van der Waals surface area (Å²) >= 11 is 0. The van der Waals surface area contributed by atoms with Crippen LogP contribution in [0.5, 0.6) is 0 Å². The van der Waals surface area contributed by atoms with Crippen LogP contribution in [0.1, 0.15) is 29.8 Å². The first-order valence-electron chi connectivity index (χ1n) is 11.2. The number of aliphatic hydroxyl groups is 1. The fraction of sp³-hybridized carbons (Fsp3) is 0.320. The van der Waals surface area contributed by atoms with Crippen molar-refractivity contribution < 1.29 is 9.84 Å². The molecule has 1 aliphatic carbocycles. The number of ether oxygens (including phenoxy) is 1. The molecule has 4 aromatic rings. The fourth-order valence-electron chi connectivity index (χ4n) is 4.90. The second-order valence-electron chi connectivity index (χ2n) is 8.50. The molecule has 0 amide bonds. The maximum absolute atomic E-state index is 11.8. The highest BCUT2D eigenvalue weighted by molar-refractivity contribution is 5.64. The van der Waals surface area contributed by atoms with Crippen molar-refractivity contribution in [2.75, 3.05) is 31.2 Å². The van der Waals surface area contributed by atoms with Gasteiger partial charge in [0.2, 0.25) is 5.95 Å². The molecule has 7 nitrogen and oxygen atoms in total. The van der Waals surface area contributed by atoms with E-state index in [2.05, 4.69) is 14.9 Å². The van der Waals surface area contributed by atoms with Crippen molar-refractivity contribution in [2.24, 2.45) is 0 Å². The average Bonchev–Trinajstić information content (AvgIpc) is 3.25. The molecule has 3 aromatic heterocycles. The number of aromatic nitrogens is 4. The Morgan fingerprint density at radius 3 is 2.50 bits per heavy atom. The summed E-state index contributed by atoms with van der Waals surface area (Å²) < 4.78 is 7.46. The number of fused-ring (bicyclic) bond motifs is 3. The number of morpholine rings is 1. The van der Waals surface area contributed by atoms with Gasteiger partial charge in [-0.2, -0.15) is 0 Å². The molecule has 1 aliphatic heterocycles. The van der Waals surface area contributed by atoms with E-state index in [1.165, 1.54) is 0 Å². The van der Waals surface area contributed by atoms with Crippen LogP contribution in [0.3, 0.4) is 0 Å². The van der Waals surface area contributed by atoms with Crippen molar-refractivity contribution in [3.63, 3.8) is 0 Å². The topological polar surface area (TPSA) is 75.8 Å². The summed E-state index contributed by atoms with van der Waals surface area (Å²) in [6, 6.07) is 14.0. The van der Waals surface area contributed by atoms with Crippen LogP contribution in [0.2, 0.25) is 0 Å². The third-order valence-electron chi connectivity index (χ3n) is 6.55. The van der Waals surface area contributed by atoms with Gasteiger partial charge in [-0.25, -0.2) is 15.0 Å². The smallest absolute Gasteiger partial charge is 0.225 e. The van der Waals surface area contributed by atoms with E-state index in [0.717, 1.165) is 65.6 Å². The Morgan fingerprint density at radius 1 is 0.938 bits per heavy atom. The van der Waals surface area contributed by atoms with Crippen LogP contribution >= 0.6 is 0 Å². The number of nitrogens with zero attached hydrogens (tertiary/aromatic N) is 5. The van der Waals surface area contributed by atoms with E-state index in [0.29, 0.717) is 19.6 Å². The van der Waals surface area contributed by atoms with Gasteiger partial charge in [-0.1, -0.05) is 30.3 Å². The monoisotopic (exact) mass is 427 g/mol. The Labute approximate surface area is 186 Å². The number of imidazole rings is 1. The molecule has 162 valence electrons. The van der Waals surface area contributed by atoms with Crippen LogP contribution in [0.25, 0.3) is 16.8 Å². The molecule has 0 radical (unpaired) electrons. The van der Waals surface area contributed by atoms with Gasteiger partial charge in [0.1, 0.15) is 11.2 Å². The first-order valence-corrected chi connectivity index (χ1v) is 11.2. The van der Waals surface area contributed by atoms with E-state index in [-0.39, 0.29) is 0 Å². The number of benzene rings is 1. The van der Waals surface area contributed by atoms with Crippen LogP contribution in [0, 0.1) is 0 Å². The van der Waals surface area contributed by atoms with Crippen LogP contribution in [-0.2, 0) is 16.8 Å². The van der Waals surface area contributed by atoms with Crippen molar-refractivity contribution in [1.29, 1.82) is 0 Å². The van der Waals surface area contributed by atoms with Crippen LogP contribution in [0.4, 0.5) is 5.95 Å². The lowest BCUT2D eigenvalue weighted by Gasteiger charge is -2.33. The van der Waals surface area contributed by atoms with E-state index in [4.69, 9.17) is 9.72 Å². The zero-order chi connectivity index (χ0) is 21.5. The summed E-state index contributed by atoms with van der Waals surface area (Å²) in [5.41, 5.74) is 4.48. The number of hydrogen-bond donors (Lipinski definition) is 1. The molecular weight excluding hydrogens is 402 g/mol. The molecule has 7 heteroatoms. The molecule has 1 unspecified atom stereocenters. The highest BCUT2D eigenvalue weighted by atomic mass is 16.5. The predicted molar refractivity (Wildman–Crippen MR) is 122 cm³/mol. The summed E-state index contributed by atoms with van der Waals surface area (Å²) in [4.78, 5) is 16.2. The van der Waals surface area contributed by atoms with Gasteiger partial charge >= 0.3 is 0 Å². The van der Waals surface area contributed by atoms with Gasteiger partial charge in [-0.05, 0) is 37.0 Å².